The molecule has 36 heavy (non-hydrogen) atoms. The van der Waals surface area contributed by atoms with Crippen molar-refractivity contribution in [3.05, 3.63) is 12.2 Å². The molecule has 0 bridgehead atoms. The molecule has 1 atom stereocenters. The first-order valence-electron chi connectivity index (χ1n) is 15.3. The van der Waals surface area contributed by atoms with E-state index in [1.807, 2.05) is 0 Å². The molecule has 0 aliphatic carbocycles. The van der Waals surface area contributed by atoms with Gasteiger partial charge in [0.15, 0.2) is 0 Å². The monoisotopic (exact) mass is 538 g/mol. The number of hydrogen-bond acceptors (Lipinski definition) is 4. The van der Waals surface area contributed by atoms with Gasteiger partial charge in [-0.1, -0.05) is 161 Å². The first kappa shape index (κ1) is 38.8. The fourth-order valence-electron chi connectivity index (χ4n) is 4.69. The van der Waals surface area contributed by atoms with E-state index in [-0.39, 0.29) is 42.1 Å². The molecule has 6 heteroatoms. The zero-order valence-corrected chi connectivity index (χ0v) is 27.3. The summed E-state index contributed by atoms with van der Waals surface area (Å²) in [4.78, 5) is 0. The molecular weight excluding hydrogens is 479 g/mol. The smallest absolute Gasteiger partial charge is 0.726 e. The fraction of sp³-hybridized carbons (Fsp3) is 0.933. The molecule has 0 aliphatic rings. The Balaban J connectivity index is 0. The van der Waals surface area contributed by atoms with Gasteiger partial charge in [-0.05, 0) is 19.3 Å². The van der Waals surface area contributed by atoms with Gasteiger partial charge >= 0.3 is 29.6 Å². The van der Waals surface area contributed by atoms with Crippen LogP contribution in [0.5, 0.6) is 0 Å². The van der Waals surface area contributed by atoms with Gasteiger partial charge in [0.25, 0.3) is 0 Å². The third-order valence-corrected chi connectivity index (χ3v) is 7.41. The van der Waals surface area contributed by atoms with Crippen molar-refractivity contribution in [3.63, 3.8) is 0 Å². The minimum Gasteiger partial charge on any atom is -0.726 e. The average Bonchev–Trinajstić information content (AvgIpc) is 2.82. The van der Waals surface area contributed by atoms with Crippen molar-refractivity contribution in [1.29, 1.82) is 0 Å². The molecule has 0 rings (SSSR count). The molecule has 0 heterocycles. The molecule has 0 radical (unpaired) electrons. The minimum atomic E-state index is -4.61. The van der Waals surface area contributed by atoms with E-state index in [9.17, 15) is 13.0 Å². The number of rotatable bonds is 28. The second-order valence-electron chi connectivity index (χ2n) is 10.5. The van der Waals surface area contributed by atoms with Crippen LogP contribution in [-0.2, 0) is 14.6 Å². The fourth-order valence-corrected chi connectivity index (χ4v) is 5.03. The molecule has 0 aromatic heterocycles. The Hall–Kier alpha value is 0.610. The molecule has 0 aliphatic heterocycles. The summed E-state index contributed by atoms with van der Waals surface area (Å²) in [5, 5.41) is 0. The van der Waals surface area contributed by atoms with Gasteiger partial charge in [-0.25, -0.2) is 8.42 Å². The summed E-state index contributed by atoms with van der Waals surface area (Å²) in [7, 11) is -4.61. The van der Waals surface area contributed by atoms with E-state index < -0.39 is 10.4 Å². The zero-order valence-electron chi connectivity index (χ0n) is 24.5. The van der Waals surface area contributed by atoms with Gasteiger partial charge in [-0.15, -0.1) is 0 Å². The zero-order chi connectivity index (χ0) is 25.9. The second kappa shape index (κ2) is 30.2. The summed E-state index contributed by atoms with van der Waals surface area (Å²) >= 11 is 0. The van der Waals surface area contributed by atoms with Crippen LogP contribution in [0.4, 0.5) is 0 Å². The molecule has 0 amide bonds. The van der Waals surface area contributed by atoms with Crippen LogP contribution in [0.25, 0.3) is 0 Å². The van der Waals surface area contributed by atoms with Crippen molar-refractivity contribution in [3.8, 4) is 0 Å². The Morgan fingerprint density at radius 2 is 0.972 bits per heavy atom. The molecule has 210 valence electrons. The molecule has 0 spiro atoms. The summed E-state index contributed by atoms with van der Waals surface area (Å²) in [6.07, 6.45) is 35.3. The van der Waals surface area contributed by atoms with Crippen LogP contribution in [0.15, 0.2) is 12.2 Å². The van der Waals surface area contributed by atoms with Gasteiger partial charge in [0.2, 0.25) is 10.4 Å². The molecule has 1 unspecified atom stereocenters. The van der Waals surface area contributed by atoms with E-state index in [4.69, 9.17) is 0 Å². The molecule has 0 N–H and O–H groups in total. The first-order valence-corrected chi connectivity index (χ1v) is 16.6. The molecule has 0 saturated carbocycles. The predicted molar refractivity (Wildman–Crippen MR) is 150 cm³/mol. The summed E-state index contributed by atoms with van der Waals surface area (Å²) in [5.74, 6) is 0.0192. The summed E-state index contributed by atoms with van der Waals surface area (Å²) in [6, 6.07) is 0. The molecule has 0 saturated heterocycles. The largest absolute Gasteiger partial charge is 1.00 e. The Kier molecular flexibility index (Phi) is 32.5. The number of hydrogen-bond donors (Lipinski definition) is 0. The maximum atomic E-state index is 10.8. The quantitative estimate of drug-likeness (QED) is 0.0352. The van der Waals surface area contributed by atoms with E-state index in [2.05, 4.69) is 30.2 Å². The van der Waals surface area contributed by atoms with Gasteiger partial charge in [0.05, 0.1) is 6.61 Å². The van der Waals surface area contributed by atoms with Crippen LogP contribution < -0.4 is 29.6 Å². The second-order valence-corrected chi connectivity index (χ2v) is 11.6. The molecule has 0 fully saturated rings. The first-order chi connectivity index (χ1) is 17.0. The summed E-state index contributed by atoms with van der Waals surface area (Å²) in [5.41, 5.74) is 0. The van der Waals surface area contributed by atoms with Crippen LogP contribution in [0.1, 0.15) is 168 Å². The normalized spacial score (nSPS) is 12.8. The topological polar surface area (TPSA) is 66.4 Å². The third-order valence-electron chi connectivity index (χ3n) is 6.99. The van der Waals surface area contributed by atoms with Crippen molar-refractivity contribution in [2.24, 2.45) is 5.92 Å². The predicted octanol–water partition coefficient (Wildman–Crippen LogP) is 7.04. The third kappa shape index (κ3) is 32.6. The van der Waals surface area contributed by atoms with Gasteiger partial charge in [0.1, 0.15) is 0 Å². The Bertz CT molecular complexity index is 551. The average molecular weight is 539 g/mol. The molecular formula is C30H59NaO4S. The van der Waals surface area contributed by atoms with Crippen molar-refractivity contribution >= 4 is 10.4 Å². The van der Waals surface area contributed by atoms with Crippen molar-refractivity contribution in [2.45, 2.75) is 168 Å². The SMILES string of the molecule is CCCCCCC/C=C/C(CCCCCCCCCCCCCCCCCCC)COS(=O)(=O)[O-].[Na+]. The van der Waals surface area contributed by atoms with Crippen molar-refractivity contribution in [2.75, 3.05) is 6.61 Å². The van der Waals surface area contributed by atoms with E-state index >= 15 is 0 Å². The van der Waals surface area contributed by atoms with Gasteiger partial charge in [-0.3, -0.25) is 4.18 Å². The summed E-state index contributed by atoms with van der Waals surface area (Å²) in [6.45, 7) is 4.48. The van der Waals surface area contributed by atoms with Crippen LogP contribution >= 0.6 is 0 Å². The van der Waals surface area contributed by atoms with E-state index in [1.165, 1.54) is 135 Å². The van der Waals surface area contributed by atoms with Gasteiger partial charge < -0.3 is 4.55 Å². The van der Waals surface area contributed by atoms with Crippen LogP contribution in [0.3, 0.4) is 0 Å². The Morgan fingerprint density at radius 3 is 1.36 bits per heavy atom. The van der Waals surface area contributed by atoms with E-state index in [0.717, 1.165) is 19.3 Å². The Morgan fingerprint density at radius 1 is 0.611 bits per heavy atom. The number of allylic oxidation sites excluding steroid dienone is 1. The van der Waals surface area contributed by atoms with Crippen LogP contribution in [0, 0.1) is 5.92 Å². The van der Waals surface area contributed by atoms with Gasteiger partial charge in [-0.2, -0.15) is 0 Å². The van der Waals surface area contributed by atoms with E-state index in [0.29, 0.717) is 0 Å². The van der Waals surface area contributed by atoms with Crippen LogP contribution in [-0.4, -0.2) is 19.6 Å². The van der Waals surface area contributed by atoms with Crippen molar-refractivity contribution in [1.82, 2.24) is 0 Å². The molecule has 0 aromatic carbocycles. The maximum Gasteiger partial charge on any atom is 1.00 e. The maximum absolute atomic E-state index is 10.8. The van der Waals surface area contributed by atoms with E-state index in [1.54, 1.807) is 0 Å². The van der Waals surface area contributed by atoms with Crippen LogP contribution in [0.2, 0.25) is 0 Å². The molecule has 4 nitrogen and oxygen atoms in total. The number of unbranched alkanes of at least 4 members (excludes halogenated alkanes) is 21. The minimum absolute atomic E-state index is 0. The molecule has 0 aromatic rings. The van der Waals surface area contributed by atoms with Gasteiger partial charge in [0, 0.05) is 5.92 Å². The van der Waals surface area contributed by atoms with Crippen molar-refractivity contribution < 1.29 is 46.7 Å². The summed E-state index contributed by atoms with van der Waals surface area (Å²) < 4.78 is 37.1. The Labute approximate surface area is 248 Å². The standard InChI is InChI=1S/C30H60O4S.Na/c1-3-5-7-9-11-12-13-14-15-16-17-18-19-20-22-24-26-28-30(29-34-35(31,32)33)27-25-23-21-10-8-6-4-2;/h25,27,30H,3-24,26,28-29H2,1-2H3,(H,31,32,33);/q;+1/p-1/b27-25+;.